The first-order chi connectivity index (χ1) is 8.54. The van der Waals surface area contributed by atoms with E-state index in [4.69, 9.17) is 0 Å². The minimum atomic E-state index is 0.0511. The van der Waals surface area contributed by atoms with E-state index in [0.717, 1.165) is 6.42 Å². The topological polar surface area (TPSA) is 41.1 Å². The van der Waals surface area contributed by atoms with E-state index in [-0.39, 0.29) is 5.91 Å². The van der Waals surface area contributed by atoms with E-state index in [1.165, 1.54) is 16.7 Å². The SMILES string of the molecule is CNCC(=O)NCCc1cc(C(C)C)ccc1C. The number of aryl methyl sites for hydroxylation is 1. The molecule has 0 radical (unpaired) electrons. The fraction of sp³-hybridized carbons (Fsp3) is 0.533. The second-order valence-corrected chi connectivity index (χ2v) is 4.97. The Morgan fingerprint density at radius 1 is 1.33 bits per heavy atom. The number of hydrogen-bond donors (Lipinski definition) is 2. The third-order valence-corrected chi connectivity index (χ3v) is 3.09. The van der Waals surface area contributed by atoms with Gasteiger partial charge in [-0.15, -0.1) is 0 Å². The van der Waals surface area contributed by atoms with Crippen LogP contribution in [0, 0.1) is 6.92 Å². The van der Waals surface area contributed by atoms with Gasteiger partial charge in [0.1, 0.15) is 0 Å². The van der Waals surface area contributed by atoms with Crippen LogP contribution in [0.2, 0.25) is 0 Å². The first-order valence-electron chi connectivity index (χ1n) is 6.55. The maximum absolute atomic E-state index is 11.3. The molecule has 0 aliphatic heterocycles. The van der Waals surface area contributed by atoms with Crippen molar-refractivity contribution in [3.05, 3.63) is 34.9 Å². The Bertz CT molecular complexity index is 399. The molecule has 0 heterocycles. The van der Waals surface area contributed by atoms with Gasteiger partial charge in [-0.2, -0.15) is 0 Å². The van der Waals surface area contributed by atoms with Crippen molar-refractivity contribution in [3.63, 3.8) is 0 Å². The quantitative estimate of drug-likeness (QED) is 0.808. The molecule has 0 saturated heterocycles. The van der Waals surface area contributed by atoms with Crippen molar-refractivity contribution in [1.82, 2.24) is 10.6 Å². The lowest BCUT2D eigenvalue weighted by Crippen LogP contribution is -2.33. The molecule has 0 fully saturated rings. The molecule has 1 aromatic rings. The van der Waals surface area contributed by atoms with E-state index in [1.54, 1.807) is 7.05 Å². The predicted octanol–water partition coefficient (Wildman–Crippen LogP) is 2.00. The van der Waals surface area contributed by atoms with E-state index in [0.29, 0.717) is 19.0 Å². The van der Waals surface area contributed by atoms with Gasteiger partial charge in [0.15, 0.2) is 0 Å². The summed E-state index contributed by atoms with van der Waals surface area (Å²) >= 11 is 0. The van der Waals surface area contributed by atoms with E-state index >= 15 is 0 Å². The molecule has 0 saturated carbocycles. The Kier molecular flexibility index (Phi) is 5.86. The summed E-state index contributed by atoms with van der Waals surface area (Å²) in [5.41, 5.74) is 3.98. The molecule has 1 aromatic carbocycles. The van der Waals surface area contributed by atoms with Crippen LogP contribution in [0.5, 0.6) is 0 Å². The van der Waals surface area contributed by atoms with Crippen molar-refractivity contribution in [2.45, 2.75) is 33.1 Å². The fourth-order valence-electron chi connectivity index (χ4n) is 1.88. The third kappa shape index (κ3) is 4.49. The largest absolute Gasteiger partial charge is 0.355 e. The number of carbonyl (C=O) groups is 1. The van der Waals surface area contributed by atoms with Crippen LogP contribution in [0.15, 0.2) is 18.2 Å². The molecule has 0 aliphatic rings. The van der Waals surface area contributed by atoms with E-state index in [9.17, 15) is 4.79 Å². The van der Waals surface area contributed by atoms with Gasteiger partial charge in [-0.25, -0.2) is 0 Å². The Morgan fingerprint density at radius 2 is 2.06 bits per heavy atom. The lowest BCUT2D eigenvalue weighted by Gasteiger charge is -2.12. The highest BCUT2D eigenvalue weighted by Gasteiger charge is 2.04. The standard InChI is InChI=1S/C15H24N2O/c1-11(2)13-6-5-12(3)14(9-13)7-8-17-15(18)10-16-4/h5-6,9,11,16H,7-8,10H2,1-4H3,(H,17,18). The summed E-state index contributed by atoms with van der Waals surface area (Å²) in [4.78, 5) is 11.3. The van der Waals surface area contributed by atoms with Gasteiger partial charge in [-0.1, -0.05) is 32.0 Å². The van der Waals surface area contributed by atoms with Crippen LogP contribution in [-0.4, -0.2) is 26.0 Å². The molecule has 3 heteroatoms. The summed E-state index contributed by atoms with van der Waals surface area (Å²) in [5, 5.41) is 5.75. The van der Waals surface area contributed by atoms with Gasteiger partial charge in [0, 0.05) is 6.54 Å². The van der Waals surface area contributed by atoms with Crippen molar-refractivity contribution >= 4 is 5.91 Å². The second kappa shape index (κ2) is 7.17. The molecule has 0 bridgehead atoms. The number of nitrogens with one attached hydrogen (secondary N) is 2. The molecule has 0 atom stereocenters. The van der Waals surface area contributed by atoms with Gasteiger partial charge >= 0.3 is 0 Å². The van der Waals surface area contributed by atoms with E-state index in [1.807, 2.05) is 0 Å². The minimum Gasteiger partial charge on any atom is -0.355 e. The predicted molar refractivity (Wildman–Crippen MR) is 75.9 cm³/mol. The molecular weight excluding hydrogens is 224 g/mol. The Morgan fingerprint density at radius 3 is 2.67 bits per heavy atom. The first kappa shape index (κ1) is 14.7. The van der Waals surface area contributed by atoms with Gasteiger partial charge < -0.3 is 10.6 Å². The van der Waals surface area contributed by atoms with Gasteiger partial charge in [0.25, 0.3) is 0 Å². The Labute approximate surface area is 110 Å². The van der Waals surface area contributed by atoms with Crippen LogP contribution in [0.25, 0.3) is 0 Å². The highest BCUT2D eigenvalue weighted by molar-refractivity contribution is 5.77. The van der Waals surface area contributed by atoms with Crippen LogP contribution in [0.3, 0.4) is 0 Å². The summed E-state index contributed by atoms with van der Waals surface area (Å²) in [6.45, 7) is 7.59. The zero-order valence-corrected chi connectivity index (χ0v) is 11.8. The minimum absolute atomic E-state index is 0.0511. The average molecular weight is 248 g/mol. The van der Waals surface area contributed by atoms with Crippen molar-refractivity contribution < 1.29 is 4.79 Å². The number of amides is 1. The zero-order chi connectivity index (χ0) is 13.5. The normalized spacial score (nSPS) is 10.7. The molecule has 0 spiro atoms. The highest BCUT2D eigenvalue weighted by atomic mass is 16.1. The van der Waals surface area contributed by atoms with Gasteiger partial charge in [-0.3, -0.25) is 4.79 Å². The second-order valence-electron chi connectivity index (χ2n) is 4.97. The van der Waals surface area contributed by atoms with E-state index < -0.39 is 0 Å². The van der Waals surface area contributed by atoms with Crippen molar-refractivity contribution in [1.29, 1.82) is 0 Å². The number of carbonyl (C=O) groups excluding carboxylic acids is 1. The summed E-state index contributed by atoms with van der Waals surface area (Å²) in [6, 6.07) is 6.60. The summed E-state index contributed by atoms with van der Waals surface area (Å²) in [7, 11) is 1.77. The number of likely N-dealkylation sites (N-methyl/N-ethyl adjacent to an activating group) is 1. The molecule has 18 heavy (non-hydrogen) atoms. The van der Waals surface area contributed by atoms with Crippen molar-refractivity contribution in [3.8, 4) is 0 Å². The molecular formula is C15H24N2O. The monoisotopic (exact) mass is 248 g/mol. The Hall–Kier alpha value is -1.35. The van der Waals surface area contributed by atoms with Crippen molar-refractivity contribution in [2.24, 2.45) is 0 Å². The molecule has 3 nitrogen and oxygen atoms in total. The third-order valence-electron chi connectivity index (χ3n) is 3.09. The zero-order valence-electron chi connectivity index (χ0n) is 11.8. The van der Waals surface area contributed by atoms with Gasteiger partial charge in [0.2, 0.25) is 5.91 Å². The van der Waals surface area contributed by atoms with Crippen LogP contribution in [0.1, 0.15) is 36.5 Å². The summed E-state index contributed by atoms with van der Waals surface area (Å²) in [5.74, 6) is 0.596. The average Bonchev–Trinajstić information content (AvgIpc) is 2.31. The summed E-state index contributed by atoms with van der Waals surface area (Å²) < 4.78 is 0. The van der Waals surface area contributed by atoms with Gasteiger partial charge in [0.05, 0.1) is 6.54 Å². The first-order valence-corrected chi connectivity index (χ1v) is 6.55. The summed E-state index contributed by atoms with van der Waals surface area (Å²) in [6.07, 6.45) is 0.891. The molecule has 0 aromatic heterocycles. The molecule has 0 unspecified atom stereocenters. The molecule has 2 N–H and O–H groups in total. The van der Waals surface area contributed by atoms with Crippen LogP contribution < -0.4 is 10.6 Å². The van der Waals surface area contributed by atoms with Crippen molar-refractivity contribution in [2.75, 3.05) is 20.1 Å². The van der Waals surface area contributed by atoms with E-state index in [2.05, 4.69) is 49.6 Å². The fourth-order valence-corrected chi connectivity index (χ4v) is 1.88. The van der Waals surface area contributed by atoms with Crippen LogP contribution >= 0.6 is 0 Å². The maximum Gasteiger partial charge on any atom is 0.233 e. The lowest BCUT2D eigenvalue weighted by molar-refractivity contribution is -0.120. The molecule has 1 amide bonds. The highest BCUT2D eigenvalue weighted by Crippen LogP contribution is 2.18. The molecule has 100 valence electrons. The number of hydrogen-bond acceptors (Lipinski definition) is 2. The van der Waals surface area contributed by atoms with Crippen LogP contribution in [0.4, 0.5) is 0 Å². The number of benzene rings is 1. The lowest BCUT2D eigenvalue weighted by atomic mass is 9.96. The van der Waals surface area contributed by atoms with Gasteiger partial charge in [-0.05, 0) is 43.0 Å². The maximum atomic E-state index is 11.3. The molecule has 1 rings (SSSR count). The smallest absolute Gasteiger partial charge is 0.233 e. The Balaban J connectivity index is 2.56. The molecule has 0 aliphatic carbocycles. The van der Waals surface area contributed by atoms with Crippen LogP contribution in [-0.2, 0) is 11.2 Å². The number of rotatable bonds is 6.